The number of rotatable bonds is 5. The number of fused-ring (bicyclic) bond motifs is 1. The first-order chi connectivity index (χ1) is 11.2. The maximum atomic E-state index is 10.3. The third kappa shape index (κ3) is 2.93. The lowest BCUT2D eigenvalue weighted by Crippen LogP contribution is -1.95. The Hall–Kier alpha value is -2.75. The van der Waals surface area contributed by atoms with Gasteiger partial charge in [-0.3, -0.25) is 4.99 Å². The van der Waals surface area contributed by atoms with Crippen LogP contribution in [0.4, 0.5) is 0 Å². The summed E-state index contributed by atoms with van der Waals surface area (Å²) in [6.07, 6.45) is 2.55. The van der Waals surface area contributed by atoms with Crippen LogP contribution in [0.15, 0.2) is 53.5 Å². The number of hydrogen-bond donors (Lipinski definition) is 1. The van der Waals surface area contributed by atoms with Gasteiger partial charge in [-0.05, 0) is 24.1 Å². The van der Waals surface area contributed by atoms with Crippen LogP contribution in [0, 0.1) is 0 Å². The lowest BCUT2D eigenvalue weighted by molar-refractivity contribution is 0.410. The zero-order valence-corrected chi connectivity index (χ0v) is 13.4. The Morgan fingerprint density at radius 3 is 2.70 bits per heavy atom. The van der Waals surface area contributed by atoms with Gasteiger partial charge < -0.3 is 14.4 Å². The molecule has 0 radical (unpaired) electrons. The SMILES string of the molecule is COc1ccccc1CCN=Cc1c(O)n(C)c2ccccc12. The van der Waals surface area contributed by atoms with Crippen molar-refractivity contribution in [3.05, 3.63) is 59.7 Å². The van der Waals surface area contributed by atoms with Crippen molar-refractivity contribution in [2.45, 2.75) is 6.42 Å². The number of methoxy groups -OCH3 is 1. The Bertz CT molecular complexity index is 850. The molecule has 3 rings (SSSR count). The highest BCUT2D eigenvalue weighted by Crippen LogP contribution is 2.28. The smallest absolute Gasteiger partial charge is 0.200 e. The van der Waals surface area contributed by atoms with Crippen molar-refractivity contribution in [2.24, 2.45) is 12.0 Å². The van der Waals surface area contributed by atoms with Gasteiger partial charge in [0.1, 0.15) is 5.75 Å². The van der Waals surface area contributed by atoms with Gasteiger partial charge in [0.05, 0.1) is 18.2 Å². The molecule has 0 aliphatic carbocycles. The predicted octanol–water partition coefficient (Wildman–Crippen LogP) is 3.55. The molecule has 0 atom stereocenters. The number of aromatic nitrogens is 1. The van der Waals surface area contributed by atoms with Gasteiger partial charge in [-0.1, -0.05) is 36.4 Å². The van der Waals surface area contributed by atoms with E-state index in [1.54, 1.807) is 17.9 Å². The fourth-order valence-corrected chi connectivity index (χ4v) is 2.79. The standard InChI is InChI=1S/C19H20N2O2/c1-21-17-9-5-4-8-15(17)16(19(21)22)13-20-12-11-14-7-3-6-10-18(14)23-2/h3-10,13,22H,11-12H2,1-2H3. The zero-order chi connectivity index (χ0) is 16.2. The Kier molecular flexibility index (Phi) is 4.33. The molecular weight excluding hydrogens is 288 g/mol. The molecule has 3 aromatic rings. The molecule has 0 saturated heterocycles. The number of para-hydroxylation sites is 2. The first-order valence-corrected chi connectivity index (χ1v) is 7.60. The third-order valence-electron chi connectivity index (χ3n) is 4.04. The lowest BCUT2D eigenvalue weighted by Gasteiger charge is -2.05. The number of benzene rings is 2. The second kappa shape index (κ2) is 6.57. The summed E-state index contributed by atoms with van der Waals surface area (Å²) in [6, 6.07) is 15.9. The molecule has 0 aliphatic rings. The third-order valence-corrected chi connectivity index (χ3v) is 4.04. The monoisotopic (exact) mass is 308 g/mol. The van der Waals surface area contributed by atoms with Crippen LogP contribution in [0.5, 0.6) is 11.6 Å². The van der Waals surface area contributed by atoms with Crippen LogP contribution in [0.1, 0.15) is 11.1 Å². The van der Waals surface area contributed by atoms with E-state index in [0.29, 0.717) is 6.54 Å². The lowest BCUT2D eigenvalue weighted by atomic mass is 10.1. The fourth-order valence-electron chi connectivity index (χ4n) is 2.79. The van der Waals surface area contributed by atoms with E-state index in [4.69, 9.17) is 4.74 Å². The predicted molar refractivity (Wildman–Crippen MR) is 93.7 cm³/mol. The maximum Gasteiger partial charge on any atom is 0.200 e. The topological polar surface area (TPSA) is 46.8 Å². The maximum absolute atomic E-state index is 10.3. The summed E-state index contributed by atoms with van der Waals surface area (Å²) in [4.78, 5) is 4.48. The van der Waals surface area contributed by atoms with E-state index in [0.717, 1.165) is 34.2 Å². The molecule has 23 heavy (non-hydrogen) atoms. The Morgan fingerprint density at radius 1 is 1.13 bits per heavy atom. The van der Waals surface area contributed by atoms with E-state index in [1.165, 1.54) is 0 Å². The Morgan fingerprint density at radius 2 is 1.87 bits per heavy atom. The minimum atomic E-state index is 0.243. The minimum Gasteiger partial charge on any atom is -0.496 e. The summed E-state index contributed by atoms with van der Waals surface area (Å²) in [6.45, 7) is 0.642. The van der Waals surface area contributed by atoms with Crippen molar-refractivity contribution in [3.8, 4) is 11.6 Å². The molecule has 1 heterocycles. The van der Waals surface area contributed by atoms with Gasteiger partial charge in [-0.15, -0.1) is 0 Å². The highest BCUT2D eigenvalue weighted by molar-refractivity contribution is 6.02. The van der Waals surface area contributed by atoms with Crippen molar-refractivity contribution in [1.29, 1.82) is 0 Å². The Labute approximate surface area is 135 Å². The molecule has 1 aromatic heterocycles. The largest absolute Gasteiger partial charge is 0.496 e. The van der Waals surface area contributed by atoms with Gasteiger partial charge in [-0.25, -0.2) is 0 Å². The summed E-state index contributed by atoms with van der Waals surface area (Å²) in [5.41, 5.74) is 2.90. The second-order valence-corrected chi connectivity index (χ2v) is 5.41. The molecule has 2 aromatic carbocycles. The molecule has 0 fully saturated rings. The second-order valence-electron chi connectivity index (χ2n) is 5.41. The number of ether oxygens (including phenoxy) is 1. The van der Waals surface area contributed by atoms with Crippen molar-refractivity contribution in [3.63, 3.8) is 0 Å². The van der Waals surface area contributed by atoms with Gasteiger partial charge in [0.15, 0.2) is 0 Å². The van der Waals surface area contributed by atoms with Crippen LogP contribution >= 0.6 is 0 Å². The molecule has 0 unspecified atom stereocenters. The van der Waals surface area contributed by atoms with Gasteiger partial charge in [0, 0.05) is 25.2 Å². The Balaban J connectivity index is 1.78. The van der Waals surface area contributed by atoms with Gasteiger partial charge in [0.2, 0.25) is 5.88 Å². The molecular formula is C19H20N2O2. The average molecular weight is 308 g/mol. The van der Waals surface area contributed by atoms with Crippen molar-refractivity contribution in [1.82, 2.24) is 4.57 Å². The van der Waals surface area contributed by atoms with Crippen molar-refractivity contribution < 1.29 is 9.84 Å². The number of nitrogens with zero attached hydrogens (tertiary/aromatic N) is 2. The van der Waals surface area contributed by atoms with Crippen LogP contribution in [0.25, 0.3) is 10.9 Å². The van der Waals surface area contributed by atoms with Crippen molar-refractivity contribution >= 4 is 17.1 Å². The van der Waals surface area contributed by atoms with Crippen LogP contribution < -0.4 is 4.74 Å². The van der Waals surface area contributed by atoms with E-state index in [1.807, 2.05) is 55.6 Å². The molecule has 0 bridgehead atoms. The first kappa shape index (κ1) is 15.2. The van der Waals surface area contributed by atoms with Gasteiger partial charge in [-0.2, -0.15) is 0 Å². The number of hydrogen-bond acceptors (Lipinski definition) is 3. The highest BCUT2D eigenvalue weighted by Gasteiger charge is 2.11. The molecule has 4 heteroatoms. The fraction of sp³-hybridized carbons (Fsp3) is 0.211. The molecule has 0 amide bonds. The molecule has 4 nitrogen and oxygen atoms in total. The molecule has 118 valence electrons. The van der Waals surface area contributed by atoms with E-state index in [-0.39, 0.29) is 5.88 Å². The van der Waals surface area contributed by atoms with E-state index < -0.39 is 0 Å². The molecule has 0 saturated carbocycles. The normalized spacial score (nSPS) is 11.4. The quantitative estimate of drug-likeness (QED) is 0.733. The van der Waals surface area contributed by atoms with Gasteiger partial charge >= 0.3 is 0 Å². The number of aromatic hydroxyl groups is 1. The first-order valence-electron chi connectivity index (χ1n) is 7.60. The summed E-state index contributed by atoms with van der Waals surface area (Å²) in [5, 5.41) is 11.3. The van der Waals surface area contributed by atoms with Crippen LogP contribution in [-0.4, -0.2) is 29.5 Å². The molecule has 0 spiro atoms. The average Bonchev–Trinajstić information content (AvgIpc) is 2.84. The molecule has 0 aliphatic heterocycles. The summed E-state index contributed by atoms with van der Waals surface area (Å²) in [7, 11) is 3.53. The van der Waals surface area contributed by atoms with E-state index in [9.17, 15) is 5.11 Å². The summed E-state index contributed by atoms with van der Waals surface area (Å²) < 4.78 is 7.12. The summed E-state index contributed by atoms with van der Waals surface area (Å²) in [5.74, 6) is 1.13. The number of aliphatic imine (C=N–C) groups is 1. The minimum absolute atomic E-state index is 0.243. The summed E-state index contributed by atoms with van der Waals surface area (Å²) >= 11 is 0. The molecule has 1 N–H and O–H groups in total. The van der Waals surface area contributed by atoms with E-state index >= 15 is 0 Å². The van der Waals surface area contributed by atoms with E-state index in [2.05, 4.69) is 4.99 Å². The van der Waals surface area contributed by atoms with Gasteiger partial charge in [0.25, 0.3) is 0 Å². The van der Waals surface area contributed by atoms with Crippen LogP contribution in [0.2, 0.25) is 0 Å². The zero-order valence-electron chi connectivity index (χ0n) is 13.4. The highest BCUT2D eigenvalue weighted by atomic mass is 16.5. The van der Waals surface area contributed by atoms with Crippen LogP contribution in [0.3, 0.4) is 0 Å². The van der Waals surface area contributed by atoms with Crippen LogP contribution in [-0.2, 0) is 13.5 Å². The van der Waals surface area contributed by atoms with Crippen molar-refractivity contribution in [2.75, 3.05) is 13.7 Å². The number of aryl methyl sites for hydroxylation is 1.